The molecule has 4 rings (SSSR count). The molecule has 1 aliphatic heterocycles. The highest BCUT2D eigenvalue weighted by Crippen LogP contribution is 2.29. The van der Waals surface area contributed by atoms with Crippen molar-refractivity contribution in [3.8, 4) is 0 Å². The fourth-order valence-corrected chi connectivity index (χ4v) is 4.25. The van der Waals surface area contributed by atoms with E-state index in [1.807, 2.05) is 41.3 Å². The summed E-state index contributed by atoms with van der Waals surface area (Å²) in [5, 5.41) is 0.978. The first-order valence-electron chi connectivity index (χ1n) is 9.19. The first-order valence-corrected chi connectivity index (χ1v) is 10.6. The third-order valence-electron chi connectivity index (χ3n) is 5.20. The van der Waals surface area contributed by atoms with E-state index in [1.165, 1.54) is 12.7 Å². The van der Waals surface area contributed by atoms with Crippen LogP contribution in [0.2, 0.25) is 0 Å². The number of rotatable bonds is 4. The molecule has 6 heteroatoms. The van der Waals surface area contributed by atoms with E-state index in [-0.39, 0.29) is 11.9 Å². The highest BCUT2D eigenvalue weighted by atomic mass is 32.2. The zero-order valence-electron chi connectivity index (χ0n) is 16.0. The van der Waals surface area contributed by atoms with Gasteiger partial charge in [0.2, 0.25) is 0 Å². The lowest BCUT2D eigenvalue weighted by molar-refractivity contribution is 0.0600. The maximum atomic E-state index is 13.0. The number of ether oxygens (including phenoxy) is 1. The second-order valence-electron chi connectivity index (χ2n) is 6.94. The summed E-state index contributed by atoms with van der Waals surface area (Å²) in [5.41, 5.74) is 5.65. The van der Waals surface area contributed by atoms with Gasteiger partial charge in [0, 0.05) is 53.0 Å². The van der Waals surface area contributed by atoms with Crippen LogP contribution in [0.25, 0.3) is 10.9 Å². The molecule has 5 nitrogen and oxygen atoms in total. The molecule has 0 bridgehead atoms. The van der Waals surface area contributed by atoms with Crippen molar-refractivity contribution in [2.45, 2.75) is 18.7 Å². The second-order valence-corrected chi connectivity index (χ2v) is 7.81. The molecule has 0 radical (unpaired) electrons. The number of hydrogen-bond donors (Lipinski definition) is 1. The van der Waals surface area contributed by atoms with Gasteiger partial charge in [0.05, 0.1) is 12.7 Å². The van der Waals surface area contributed by atoms with Crippen LogP contribution >= 0.6 is 11.8 Å². The maximum absolute atomic E-state index is 13.0. The summed E-state index contributed by atoms with van der Waals surface area (Å²) in [6.07, 6.45) is 2.84. The molecule has 28 heavy (non-hydrogen) atoms. The van der Waals surface area contributed by atoms with Crippen LogP contribution in [0.3, 0.4) is 0 Å². The third kappa shape index (κ3) is 3.40. The van der Waals surface area contributed by atoms with Crippen molar-refractivity contribution < 1.29 is 14.3 Å². The van der Waals surface area contributed by atoms with Crippen LogP contribution in [0, 0.1) is 0 Å². The monoisotopic (exact) mass is 394 g/mol. The Morgan fingerprint density at radius 2 is 1.89 bits per heavy atom. The van der Waals surface area contributed by atoms with Gasteiger partial charge < -0.3 is 14.6 Å². The van der Waals surface area contributed by atoms with Gasteiger partial charge in [-0.2, -0.15) is 11.8 Å². The predicted molar refractivity (Wildman–Crippen MR) is 112 cm³/mol. The highest BCUT2D eigenvalue weighted by molar-refractivity contribution is 7.97. The summed E-state index contributed by atoms with van der Waals surface area (Å²) in [5.74, 6) is 0.630. The molecule has 2 heterocycles. The van der Waals surface area contributed by atoms with Crippen molar-refractivity contribution in [2.75, 3.05) is 19.9 Å². The van der Waals surface area contributed by atoms with Crippen molar-refractivity contribution >= 4 is 34.5 Å². The van der Waals surface area contributed by atoms with E-state index in [2.05, 4.69) is 11.2 Å². The van der Waals surface area contributed by atoms with Crippen LogP contribution in [-0.2, 0) is 23.5 Å². The largest absolute Gasteiger partial charge is 0.465 e. The number of esters is 1. The van der Waals surface area contributed by atoms with E-state index in [0.717, 1.165) is 34.3 Å². The van der Waals surface area contributed by atoms with Gasteiger partial charge in [0.25, 0.3) is 5.91 Å². The molecule has 0 aliphatic carbocycles. The summed E-state index contributed by atoms with van der Waals surface area (Å²) in [6.45, 7) is 1.21. The first-order chi connectivity index (χ1) is 13.6. The van der Waals surface area contributed by atoms with Crippen LogP contribution < -0.4 is 0 Å². The molecule has 0 atom stereocenters. The van der Waals surface area contributed by atoms with Crippen LogP contribution in [0.5, 0.6) is 0 Å². The quantitative estimate of drug-likeness (QED) is 0.679. The first kappa shape index (κ1) is 18.6. The van der Waals surface area contributed by atoms with Gasteiger partial charge in [0.15, 0.2) is 0 Å². The smallest absolute Gasteiger partial charge is 0.337 e. The number of H-pyrrole nitrogens is 1. The lowest BCUT2D eigenvalue weighted by Crippen LogP contribution is -2.35. The van der Waals surface area contributed by atoms with Crippen molar-refractivity contribution in [1.82, 2.24) is 9.88 Å². The molecular weight excluding hydrogens is 372 g/mol. The fraction of sp³-hybridized carbons (Fsp3) is 0.273. The molecule has 0 fully saturated rings. The van der Waals surface area contributed by atoms with E-state index >= 15 is 0 Å². The van der Waals surface area contributed by atoms with Gasteiger partial charge in [-0.05, 0) is 42.2 Å². The van der Waals surface area contributed by atoms with Crippen molar-refractivity contribution in [3.63, 3.8) is 0 Å². The molecule has 1 N–H and O–H groups in total. The van der Waals surface area contributed by atoms with Gasteiger partial charge in [0.1, 0.15) is 0 Å². The summed E-state index contributed by atoms with van der Waals surface area (Å²) >= 11 is 1.76. The van der Waals surface area contributed by atoms with Crippen LogP contribution in [0.1, 0.15) is 37.5 Å². The number of benzene rings is 2. The minimum Gasteiger partial charge on any atom is -0.465 e. The van der Waals surface area contributed by atoms with E-state index in [9.17, 15) is 9.59 Å². The summed E-state index contributed by atoms with van der Waals surface area (Å²) in [4.78, 5) is 30.2. The number of nitrogens with one attached hydrogen (secondary N) is 1. The highest BCUT2D eigenvalue weighted by Gasteiger charge is 2.25. The van der Waals surface area contributed by atoms with E-state index in [0.29, 0.717) is 24.2 Å². The number of methoxy groups -OCH3 is 1. The number of aromatic amines is 1. The molecule has 1 aromatic heterocycles. The van der Waals surface area contributed by atoms with Gasteiger partial charge in [-0.15, -0.1) is 0 Å². The fourth-order valence-electron chi connectivity index (χ4n) is 3.73. The zero-order chi connectivity index (χ0) is 19.7. The SMILES string of the molecule is COC(=O)c1ccc2[nH]c3c(c2c1)CN(C(=O)c1ccc(CSC)cc1)CC3. The summed E-state index contributed by atoms with van der Waals surface area (Å²) < 4.78 is 4.83. The summed E-state index contributed by atoms with van der Waals surface area (Å²) in [6, 6.07) is 13.4. The van der Waals surface area contributed by atoms with E-state index in [1.54, 1.807) is 17.8 Å². The molecule has 0 saturated carbocycles. The van der Waals surface area contributed by atoms with Crippen LogP contribution in [-0.4, -0.2) is 41.7 Å². The standard InChI is InChI=1S/C22H22N2O3S/c1-27-22(26)16-7-8-19-17(11-16)18-12-24(10-9-20(18)23-19)21(25)15-5-3-14(4-6-15)13-28-2/h3-8,11,23H,9-10,12-13H2,1-2H3. The average Bonchev–Trinajstić information content (AvgIpc) is 3.10. The Morgan fingerprint density at radius 3 is 2.61 bits per heavy atom. The van der Waals surface area contributed by atoms with Crippen molar-refractivity contribution in [3.05, 3.63) is 70.4 Å². The summed E-state index contributed by atoms with van der Waals surface area (Å²) in [7, 11) is 1.38. The molecule has 1 amide bonds. The number of aromatic nitrogens is 1. The van der Waals surface area contributed by atoms with Crippen molar-refractivity contribution in [1.29, 1.82) is 0 Å². The minimum atomic E-state index is -0.356. The molecular formula is C22H22N2O3S. The molecule has 0 unspecified atom stereocenters. The molecule has 1 aliphatic rings. The third-order valence-corrected chi connectivity index (χ3v) is 5.82. The van der Waals surface area contributed by atoms with Gasteiger partial charge in [-0.3, -0.25) is 4.79 Å². The Balaban J connectivity index is 1.61. The zero-order valence-corrected chi connectivity index (χ0v) is 16.8. The number of thioether (sulfide) groups is 1. The van der Waals surface area contributed by atoms with Gasteiger partial charge in [-0.25, -0.2) is 4.79 Å². The number of nitrogens with zero attached hydrogens (tertiary/aromatic N) is 1. The molecule has 3 aromatic rings. The Kier molecular flexibility index (Phi) is 5.13. The number of hydrogen-bond acceptors (Lipinski definition) is 4. The number of fused-ring (bicyclic) bond motifs is 3. The number of carbonyl (C=O) groups is 2. The minimum absolute atomic E-state index is 0.0415. The van der Waals surface area contributed by atoms with Gasteiger partial charge in [-0.1, -0.05) is 12.1 Å². The lowest BCUT2D eigenvalue weighted by atomic mass is 10.0. The average molecular weight is 394 g/mol. The topological polar surface area (TPSA) is 62.4 Å². The Labute approximate surface area is 168 Å². The van der Waals surface area contributed by atoms with Crippen LogP contribution in [0.4, 0.5) is 0 Å². The van der Waals surface area contributed by atoms with Gasteiger partial charge >= 0.3 is 5.97 Å². The molecule has 2 aromatic carbocycles. The van der Waals surface area contributed by atoms with E-state index < -0.39 is 0 Å². The lowest BCUT2D eigenvalue weighted by Gasteiger charge is -2.27. The second kappa shape index (κ2) is 7.72. The molecule has 0 spiro atoms. The molecule has 0 saturated heterocycles. The Hall–Kier alpha value is -2.73. The predicted octanol–water partition coefficient (Wildman–Crippen LogP) is 4.02. The Bertz CT molecular complexity index is 1040. The number of carbonyl (C=O) groups excluding carboxylic acids is 2. The van der Waals surface area contributed by atoms with Crippen molar-refractivity contribution in [2.24, 2.45) is 0 Å². The number of amides is 1. The maximum Gasteiger partial charge on any atom is 0.337 e. The normalized spacial score (nSPS) is 13.4. The Morgan fingerprint density at radius 1 is 1.14 bits per heavy atom. The van der Waals surface area contributed by atoms with Crippen LogP contribution in [0.15, 0.2) is 42.5 Å². The molecule has 144 valence electrons. The van der Waals surface area contributed by atoms with E-state index in [4.69, 9.17) is 4.74 Å².